The Hall–Kier alpha value is -1.65. The molecule has 0 N–H and O–H groups in total. The molecule has 0 aliphatic heterocycles. The van der Waals surface area contributed by atoms with Crippen LogP contribution < -0.4 is 4.90 Å². The monoisotopic (exact) mass is 344 g/mol. The van der Waals surface area contributed by atoms with E-state index in [1.165, 1.54) is 22.0 Å². The van der Waals surface area contributed by atoms with E-state index in [0.29, 0.717) is 0 Å². The SMILES string of the molecule is CN(c1ccc(-c2ccns2)cc1)c1cccc(Br)c1. The third kappa shape index (κ3) is 2.76. The molecule has 0 fully saturated rings. The molecule has 2 aromatic carbocycles. The fourth-order valence-corrected chi connectivity index (χ4v) is 3.03. The summed E-state index contributed by atoms with van der Waals surface area (Å²) in [5.41, 5.74) is 3.53. The number of hydrogen-bond acceptors (Lipinski definition) is 3. The molecule has 0 bridgehead atoms. The van der Waals surface area contributed by atoms with Crippen LogP contribution in [-0.4, -0.2) is 11.4 Å². The molecule has 3 aromatic rings. The van der Waals surface area contributed by atoms with E-state index in [0.717, 1.165) is 15.8 Å². The van der Waals surface area contributed by atoms with Gasteiger partial charge in [-0.05, 0) is 53.5 Å². The van der Waals surface area contributed by atoms with Gasteiger partial charge in [-0.25, -0.2) is 4.37 Å². The van der Waals surface area contributed by atoms with E-state index in [-0.39, 0.29) is 0 Å². The molecule has 3 rings (SSSR count). The Labute approximate surface area is 131 Å². The predicted octanol–water partition coefficient (Wildman–Crippen LogP) is 5.34. The summed E-state index contributed by atoms with van der Waals surface area (Å²) in [4.78, 5) is 3.36. The van der Waals surface area contributed by atoms with Crippen molar-refractivity contribution >= 4 is 38.8 Å². The van der Waals surface area contributed by atoms with Crippen LogP contribution in [0.5, 0.6) is 0 Å². The quantitative estimate of drug-likeness (QED) is 0.637. The molecule has 0 atom stereocenters. The molecule has 1 heterocycles. The average molecular weight is 345 g/mol. The molecule has 4 heteroatoms. The van der Waals surface area contributed by atoms with Crippen LogP contribution in [0.1, 0.15) is 0 Å². The van der Waals surface area contributed by atoms with Crippen molar-refractivity contribution in [3.8, 4) is 10.4 Å². The second-order valence-corrected chi connectivity index (χ2v) is 6.21. The zero-order valence-electron chi connectivity index (χ0n) is 11.0. The van der Waals surface area contributed by atoms with Crippen molar-refractivity contribution in [1.29, 1.82) is 0 Å². The number of rotatable bonds is 3. The van der Waals surface area contributed by atoms with E-state index in [4.69, 9.17) is 0 Å². The lowest BCUT2D eigenvalue weighted by Gasteiger charge is -2.20. The average Bonchev–Trinajstić information content (AvgIpc) is 3.01. The van der Waals surface area contributed by atoms with Crippen molar-refractivity contribution in [1.82, 2.24) is 4.37 Å². The maximum Gasteiger partial charge on any atom is 0.0549 e. The van der Waals surface area contributed by atoms with E-state index < -0.39 is 0 Å². The van der Waals surface area contributed by atoms with Crippen LogP contribution in [0, 0.1) is 0 Å². The molecule has 100 valence electrons. The molecule has 0 aliphatic rings. The molecule has 2 nitrogen and oxygen atoms in total. The van der Waals surface area contributed by atoms with Gasteiger partial charge in [-0.15, -0.1) is 0 Å². The number of aromatic nitrogens is 1. The standard InChI is InChI=1S/C16H13BrN2S/c1-19(15-4-2-3-13(17)11-15)14-7-5-12(6-8-14)16-9-10-18-20-16/h2-11H,1H3. The van der Waals surface area contributed by atoms with E-state index in [2.05, 4.69) is 68.6 Å². The molecule has 1 aromatic heterocycles. The summed E-state index contributed by atoms with van der Waals surface area (Å²) in [5.74, 6) is 0. The van der Waals surface area contributed by atoms with Gasteiger partial charge in [0.15, 0.2) is 0 Å². The fraction of sp³-hybridized carbons (Fsp3) is 0.0625. The summed E-state index contributed by atoms with van der Waals surface area (Å²) in [6, 6.07) is 18.9. The van der Waals surface area contributed by atoms with Gasteiger partial charge in [0.05, 0.1) is 4.88 Å². The van der Waals surface area contributed by atoms with Gasteiger partial charge in [0.2, 0.25) is 0 Å². The van der Waals surface area contributed by atoms with Gasteiger partial charge in [-0.1, -0.05) is 34.1 Å². The minimum absolute atomic E-state index is 1.09. The minimum atomic E-state index is 1.09. The third-order valence-electron chi connectivity index (χ3n) is 3.17. The molecule has 0 saturated heterocycles. The Morgan fingerprint density at radius 3 is 2.45 bits per heavy atom. The van der Waals surface area contributed by atoms with E-state index in [1.807, 2.05) is 24.4 Å². The number of nitrogens with zero attached hydrogens (tertiary/aromatic N) is 2. The lowest BCUT2D eigenvalue weighted by molar-refractivity contribution is 1.21. The Balaban J connectivity index is 1.87. The number of halogens is 1. The Kier molecular flexibility index (Phi) is 3.85. The summed E-state index contributed by atoms with van der Waals surface area (Å²) in [6.07, 6.45) is 1.83. The largest absolute Gasteiger partial charge is 0.345 e. The van der Waals surface area contributed by atoms with E-state index in [1.54, 1.807) is 0 Å². The minimum Gasteiger partial charge on any atom is -0.345 e. The highest BCUT2D eigenvalue weighted by atomic mass is 79.9. The van der Waals surface area contributed by atoms with Crippen molar-refractivity contribution in [3.63, 3.8) is 0 Å². The number of hydrogen-bond donors (Lipinski definition) is 0. The Morgan fingerprint density at radius 1 is 1.00 bits per heavy atom. The highest BCUT2D eigenvalue weighted by Gasteiger charge is 2.05. The van der Waals surface area contributed by atoms with E-state index >= 15 is 0 Å². The fourth-order valence-electron chi connectivity index (χ4n) is 2.05. The highest BCUT2D eigenvalue weighted by Crippen LogP contribution is 2.29. The number of anilines is 2. The van der Waals surface area contributed by atoms with Gasteiger partial charge in [0.25, 0.3) is 0 Å². The predicted molar refractivity (Wildman–Crippen MR) is 89.8 cm³/mol. The summed E-state index contributed by atoms with van der Waals surface area (Å²) in [6.45, 7) is 0. The van der Waals surface area contributed by atoms with Crippen molar-refractivity contribution in [3.05, 3.63) is 65.3 Å². The van der Waals surface area contributed by atoms with Crippen LogP contribution in [-0.2, 0) is 0 Å². The molecule has 0 spiro atoms. The Bertz CT molecular complexity index is 693. The maximum atomic E-state index is 4.14. The molecule has 0 aliphatic carbocycles. The molecule has 20 heavy (non-hydrogen) atoms. The molecule has 0 radical (unpaired) electrons. The summed E-state index contributed by atoms with van der Waals surface area (Å²) >= 11 is 5.03. The first-order valence-corrected chi connectivity index (χ1v) is 7.81. The molecular weight excluding hydrogens is 332 g/mol. The molecule has 0 amide bonds. The van der Waals surface area contributed by atoms with Gasteiger partial charge in [0, 0.05) is 29.1 Å². The van der Waals surface area contributed by atoms with Gasteiger partial charge >= 0.3 is 0 Å². The normalized spacial score (nSPS) is 10.5. The second-order valence-electron chi connectivity index (χ2n) is 4.46. The van der Waals surface area contributed by atoms with Crippen LogP contribution >= 0.6 is 27.5 Å². The van der Waals surface area contributed by atoms with Crippen molar-refractivity contribution in [2.45, 2.75) is 0 Å². The maximum absolute atomic E-state index is 4.14. The van der Waals surface area contributed by atoms with Gasteiger partial charge < -0.3 is 4.90 Å². The van der Waals surface area contributed by atoms with Crippen LogP contribution in [0.15, 0.2) is 65.3 Å². The lowest BCUT2D eigenvalue weighted by Crippen LogP contribution is -2.08. The van der Waals surface area contributed by atoms with Crippen LogP contribution in [0.3, 0.4) is 0 Å². The summed E-state index contributed by atoms with van der Waals surface area (Å²) in [5, 5.41) is 0. The van der Waals surface area contributed by atoms with Crippen LogP contribution in [0.4, 0.5) is 11.4 Å². The number of benzene rings is 2. The van der Waals surface area contributed by atoms with Crippen LogP contribution in [0.25, 0.3) is 10.4 Å². The topological polar surface area (TPSA) is 16.1 Å². The third-order valence-corrected chi connectivity index (χ3v) is 4.46. The van der Waals surface area contributed by atoms with Crippen molar-refractivity contribution in [2.75, 3.05) is 11.9 Å². The molecule has 0 saturated carbocycles. The first-order valence-electron chi connectivity index (χ1n) is 6.24. The van der Waals surface area contributed by atoms with Crippen LogP contribution in [0.2, 0.25) is 0 Å². The zero-order valence-corrected chi connectivity index (χ0v) is 13.4. The molecule has 0 unspecified atom stereocenters. The summed E-state index contributed by atoms with van der Waals surface area (Å²) < 4.78 is 5.23. The molecular formula is C16H13BrN2S. The Morgan fingerprint density at radius 2 is 1.80 bits per heavy atom. The zero-order chi connectivity index (χ0) is 13.9. The lowest BCUT2D eigenvalue weighted by atomic mass is 10.1. The van der Waals surface area contributed by atoms with E-state index in [9.17, 15) is 0 Å². The van der Waals surface area contributed by atoms with Gasteiger partial charge in [0.1, 0.15) is 0 Å². The van der Waals surface area contributed by atoms with Crippen molar-refractivity contribution < 1.29 is 0 Å². The highest BCUT2D eigenvalue weighted by molar-refractivity contribution is 9.10. The first-order chi connectivity index (χ1) is 9.74. The first kappa shape index (κ1) is 13.3. The van der Waals surface area contributed by atoms with Crippen molar-refractivity contribution in [2.24, 2.45) is 0 Å². The van der Waals surface area contributed by atoms with Gasteiger partial charge in [-0.2, -0.15) is 0 Å². The summed E-state index contributed by atoms with van der Waals surface area (Å²) in [7, 11) is 2.07. The smallest absolute Gasteiger partial charge is 0.0549 e. The second kappa shape index (κ2) is 5.77. The van der Waals surface area contributed by atoms with Gasteiger partial charge in [-0.3, -0.25) is 0 Å².